The van der Waals surface area contributed by atoms with Gasteiger partial charge in [-0.15, -0.1) is 5.10 Å². The highest BCUT2D eigenvalue weighted by Crippen LogP contribution is 2.08. The van der Waals surface area contributed by atoms with Gasteiger partial charge in [0.2, 0.25) is 0 Å². The highest BCUT2D eigenvalue weighted by Gasteiger charge is 2.01. The molecule has 0 unspecified atom stereocenters. The second-order valence-corrected chi connectivity index (χ2v) is 4.22. The van der Waals surface area contributed by atoms with Crippen molar-refractivity contribution >= 4 is 15.9 Å². The molecule has 1 aromatic heterocycles. The molecule has 2 rings (SSSR count). The van der Waals surface area contributed by atoms with Gasteiger partial charge in [0.15, 0.2) is 0 Å². The maximum Gasteiger partial charge on any atom is 0.0840 e. The zero-order valence-corrected chi connectivity index (χ0v) is 10.1. The maximum absolute atomic E-state index is 4.09. The Bertz CT molecular complexity index is 433. The number of aryl methyl sites for hydroxylation is 2. The summed E-state index contributed by atoms with van der Waals surface area (Å²) in [5.74, 6) is 0. The van der Waals surface area contributed by atoms with Crippen molar-refractivity contribution in [1.82, 2.24) is 15.0 Å². The summed E-state index contributed by atoms with van der Waals surface area (Å²) in [4.78, 5) is 0. The predicted molar refractivity (Wildman–Crippen MR) is 63.6 cm³/mol. The number of hydrogen-bond donors (Lipinski definition) is 0. The largest absolute Gasteiger partial charge is 0.220 e. The summed E-state index contributed by atoms with van der Waals surface area (Å²) in [6.45, 7) is 2.07. The highest BCUT2D eigenvalue weighted by atomic mass is 79.9. The van der Waals surface area contributed by atoms with Gasteiger partial charge in [0, 0.05) is 11.8 Å². The Kier molecular flexibility index (Phi) is 3.16. The van der Waals surface area contributed by atoms with Crippen molar-refractivity contribution in [3.63, 3.8) is 0 Å². The molecular weight excluding hydrogens is 254 g/mol. The van der Waals surface area contributed by atoms with Crippen LogP contribution in [0.25, 0.3) is 5.69 Å². The molecule has 4 heteroatoms. The lowest BCUT2D eigenvalue weighted by Gasteiger charge is -1.99. The number of benzene rings is 1. The van der Waals surface area contributed by atoms with Crippen molar-refractivity contribution in [2.24, 2.45) is 0 Å². The van der Waals surface area contributed by atoms with Crippen LogP contribution in [-0.4, -0.2) is 20.3 Å². The van der Waals surface area contributed by atoms with Crippen LogP contribution in [0.5, 0.6) is 0 Å². The van der Waals surface area contributed by atoms with E-state index >= 15 is 0 Å². The molecule has 0 aliphatic rings. The Morgan fingerprint density at radius 2 is 2.00 bits per heavy atom. The van der Waals surface area contributed by atoms with E-state index in [2.05, 4.69) is 45.3 Å². The van der Waals surface area contributed by atoms with Crippen molar-refractivity contribution in [3.8, 4) is 5.69 Å². The summed E-state index contributed by atoms with van der Waals surface area (Å²) >= 11 is 3.38. The summed E-state index contributed by atoms with van der Waals surface area (Å²) in [5, 5.41) is 9.08. The summed E-state index contributed by atoms with van der Waals surface area (Å²) in [6.07, 6.45) is 2.87. The monoisotopic (exact) mass is 265 g/mol. The highest BCUT2D eigenvalue weighted by molar-refractivity contribution is 9.09. The molecule has 0 fully saturated rings. The lowest BCUT2D eigenvalue weighted by molar-refractivity contribution is 0.798. The van der Waals surface area contributed by atoms with Crippen LogP contribution in [0.1, 0.15) is 11.3 Å². The van der Waals surface area contributed by atoms with E-state index in [1.807, 2.05) is 18.3 Å². The van der Waals surface area contributed by atoms with Gasteiger partial charge in [0.05, 0.1) is 17.6 Å². The van der Waals surface area contributed by atoms with Gasteiger partial charge in [-0.25, -0.2) is 4.68 Å². The first-order valence-electron chi connectivity index (χ1n) is 4.84. The van der Waals surface area contributed by atoms with Crippen molar-refractivity contribution in [1.29, 1.82) is 0 Å². The summed E-state index contributed by atoms with van der Waals surface area (Å²) in [5.41, 5.74) is 3.31. The van der Waals surface area contributed by atoms with Crippen LogP contribution >= 0.6 is 15.9 Å². The third-order valence-electron chi connectivity index (χ3n) is 2.19. The van der Waals surface area contributed by atoms with Crippen LogP contribution in [0.2, 0.25) is 0 Å². The van der Waals surface area contributed by atoms with Gasteiger partial charge in [-0.05, 0) is 19.1 Å². The molecule has 0 saturated carbocycles. The second kappa shape index (κ2) is 4.57. The van der Waals surface area contributed by atoms with E-state index in [1.54, 1.807) is 4.68 Å². The quantitative estimate of drug-likeness (QED) is 0.799. The van der Waals surface area contributed by atoms with E-state index in [4.69, 9.17) is 0 Å². The minimum atomic E-state index is 0.909. The zero-order valence-electron chi connectivity index (χ0n) is 8.52. The first-order valence-corrected chi connectivity index (χ1v) is 5.96. The van der Waals surface area contributed by atoms with E-state index in [9.17, 15) is 0 Å². The molecule has 0 amide bonds. The minimum Gasteiger partial charge on any atom is -0.220 e. The van der Waals surface area contributed by atoms with Crippen LogP contribution in [0, 0.1) is 6.92 Å². The zero-order chi connectivity index (χ0) is 10.7. The Hall–Kier alpha value is -1.16. The topological polar surface area (TPSA) is 30.7 Å². The fraction of sp³-hybridized carbons (Fsp3) is 0.273. The summed E-state index contributed by atoms with van der Waals surface area (Å²) in [6, 6.07) is 8.23. The first kappa shape index (κ1) is 10.4. The fourth-order valence-corrected chi connectivity index (χ4v) is 1.74. The van der Waals surface area contributed by atoms with Crippen LogP contribution in [0.15, 0.2) is 30.5 Å². The standard InChI is InChI=1S/C11H12BrN3/c1-9-2-4-11(5-3-9)15-8-10(6-7-12)13-14-15/h2-5,8H,6-7H2,1H3. The Morgan fingerprint density at radius 1 is 1.27 bits per heavy atom. The molecule has 0 aliphatic heterocycles. The summed E-state index contributed by atoms with van der Waals surface area (Å²) < 4.78 is 1.80. The van der Waals surface area contributed by atoms with E-state index in [0.29, 0.717) is 0 Å². The van der Waals surface area contributed by atoms with E-state index in [-0.39, 0.29) is 0 Å². The molecule has 0 aliphatic carbocycles. The van der Waals surface area contributed by atoms with E-state index < -0.39 is 0 Å². The lowest BCUT2D eigenvalue weighted by atomic mass is 10.2. The molecule has 0 atom stereocenters. The molecular formula is C11H12BrN3. The normalized spacial score (nSPS) is 10.5. The van der Waals surface area contributed by atoms with Gasteiger partial charge in [-0.2, -0.15) is 0 Å². The number of halogens is 1. The third-order valence-corrected chi connectivity index (χ3v) is 2.59. The molecule has 0 N–H and O–H groups in total. The maximum atomic E-state index is 4.09. The van der Waals surface area contributed by atoms with Gasteiger partial charge in [0.25, 0.3) is 0 Å². The molecule has 0 spiro atoms. The second-order valence-electron chi connectivity index (χ2n) is 3.43. The molecule has 3 nitrogen and oxygen atoms in total. The van der Waals surface area contributed by atoms with Crippen LogP contribution < -0.4 is 0 Å². The smallest absolute Gasteiger partial charge is 0.0840 e. The number of nitrogens with zero attached hydrogens (tertiary/aromatic N) is 3. The van der Waals surface area contributed by atoms with Gasteiger partial charge < -0.3 is 0 Å². The number of rotatable bonds is 3. The number of aromatic nitrogens is 3. The fourth-order valence-electron chi connectivity index (χ4n) is 1.33. The molecule has 1 heterocycles. The van der Waals surface area contributed by atoms with E-state index in [1.165, 1.54) is 5.56 Å². The molecule has 2 aromatic rings. The Balaban J connectivity index is 2.25. The van der Waals surface area contributed by atoms with Gasteiger partial charge in [-0.3, -0.25) is 0 Å². The molecule has 78 valence electrons. The molecule has 15 heavy (non-hydrogen) atoms. The number of alkyl halides is 1. The van der Waals surface area contributed by atoms with Crippen molar-refractivity contribution in [3.05, 3.63) is 41.7 Å². The third kappa shape index (κ3) is 2.45. The van der Waals surface area contributed by atoms with Gasteiger partial charge in [0.1, 0.15) is 0 Å². The van der Waals surface area contributed by atoms with Crippen LogP contribution in [-0.2, 0) is 6.42 Å². The Labute approximate surface area is 97.2 Å². The lowest BCUT2D eigenvalue weighted by Crippen LogP contribution is -1.94. The Morgan fingerprint density at radius 3 is 2.67 bits per heavy atom. The SMILES string of the molecule is Cc1ccc(-n2cc(CCBr)nn2)cc1. The molecule has 1 aromatic carbocycles. The van der Waals surface area contributed by atoms with E-state index in [0.717, 1.165) is 23.1 Å². The molecule has 0 saturated heterocycles. The molecule has 0 radical (unpaired) electrons. The van der Waals surface area contributed by atoms with Gasteiger partial charge >= 0.3 is 0 Å². The summed E-state index contributed by atoms with van der Waals surface area (Å²) in [7, 11) is 0. The van der Waals surface area contributed by atoms with Crippen molar-refractivity contribution < 1.29 is 0 Å². The number of hydrogen-bond acceptors (Lipinski definition) is 2. The average Bonchev–Trinajstić information content (AvgIpc) is 2.68. The predicted octanol–water partition coefficient (Wildman–Crippen LogP) is 2.51. The van der Waals surface area contributed by atoms with Crippen LogP contribution in [0.3, 0.4) is 0 Å². The average molecular weight is 266 g/mol. The van der Waals surface area contributed by atoms with Crippen molar-refractivity contribution in [2.45, 2.75) is 13.3 Å². The molecule has 0 bridgehead atoms. The minimum absolute atomic E-state index is 0.909. The van der Waals surface area contributed by atoms with Gasteiger partial charge in [-0.1, -0.05) is 38.8 Å². The van der Waals surface area contributed by atoms with Crippen LogP contribution in [0.4, 0.5) is 0 Å². The van der Waals surface area contributed by atoms with Crippen molar-refractivity contribution in [2.75, 3.05) is 5.33 Å². The first-order chi connectivity index (χ1) is 7.29.